The molecule has 6 aromatic rings. The van der Waals surface area contributed by atoms with Crippen LogP contribution < -0.4 is 0 Å². The van der Waals surface area contributed by atoms with Gasteiger partial charge in [-0.3, -0.25) is 15.0 Å². The van der Waals surface area contributed by atoms with E-state index < -0.39 is 0 Å². The Kier molecular flexibility index (Phi) is 7.34. The Morgan fingerprint density at radius 2 is 1.12 bits per heavy atom. The smallest absolute Gasteiger partial charge is 0.0886 e. The van der Waals surface area contributed by atoms with Gasteiger partial charge in [-0.25, -0.2) is 0 Å². The zero-order chi connectivity index (χ0) is 28.2. The summed E-state index contributed by atoms with van der Waals surface area (Å²) >= 11 is 0. The Labute approximate surface area is 241 Å². The van der Waals surface area contributed by atoms with Gasteiger partial charge in [0.1, 0.15) is 0 Å². The number of hydrogen-bond acceptors (Lipinski definition) is 3. The molecule has 0 aliphatic heterocycles. The van der Waals surface area contributed by atoms with Crippen LogP contribution in [0.1, 0.15) is 26.5 Å². The second-order valence-corrected chi connectivity index (χ2v) is 10.2. The summed E-state index contributed by atoms with van der Waals surface area (Å²) in [5, 5.41) is 4.77. The van der Waals surface area contributed by atoms with Crippen LogP contribution in [-0.2, 0) is 0 Å². The maximum Gasteiger partial charge on any atom is 0.0886 e. The lowest BCUT2D eigenvalue weighted by atomic mass is 9.86. The standard InChI is InChI=1S/C38H31N3/c1-4-5-6-13-29(26(2)3)34-21-19-27(24-40-34)37-30-14-7-9-16-32(30)38(33-17-10-8-15-31(33)37)28-20-22-36(41-25-28)35-18-11-12-23-39-35/h4-25H,1-3H3/b5-4-,13-6-. The number of pyridine rings is 3. The second kappa shape index (κ2) is 11.5. The minimum atomic E-state index is 0.863. The zero-order valence-corrected chi connectivity index (χ0v) is 23.5. The average molecular weight is 530 g/mol. The summed E-state index contributed by atoms with van der Waals surface area (Å²) in [5.41, 5.74) is 9.63. The minimum Gasteiger partial charge on any atom is -0.256 e. The van der Waals surface area contributed by atoms with E-state index in [0.717, 1.165) is 33.8 Å². The van der Waals surface area contributed by atoms with Crippen LogP contribution in [-0.4, -0.2) is 15.0 Å². The van der Waals surface area contributed by atoms with Crippen molar-refractivity contribution in [3.63, 3.8) is 0 Å². The summed E-state index contributed by atoms with van der Waals surface area (Å²) in [6.07, 6.45) is 14.0. The molecule has 0 spiro atoms. The quantitative estimate of drug-likeness (QED) is 0.159. The van der Waals surface area contributed by atoms with E-state index in [-0.39, 0.29) is 0 Å². The van der Waals surface area contributed by atoms with Crippen molar-refractivity contribution in [2.45, 2.75) is 20.8 Å². The van der Waals surface area contributed by atoms with Gasteiger partial charge in [0.05, 0.1) is 17.1 Å². The van der Waals surface area contributed by atoms with Crippen molar-refractivity contribution in [1.29, 1.82) is 0 Å². The molecule has 0 saturated carbocycles. The molecule has 0 atom stereocenters. The minimum absolute atomic E-state index is 0.863. The van der Waals surface area contributed by atoms with Gasteiger partial charge >= 0.3 is 0 Å². The van der Waals surface area contributed by atoms with Gasteiger partial charge in [0, 0.05) is 29.7 Å². The third-order valence-corrected chi connectivity index (χ3v) is 7.34. The Morgan fingerprint density at radius 1 is 0.561 bits per heavy atom. The lowest BCUT2D eigenvalue weighted by Crippen LogP contribution is -1.94. The third kappa shape index (κ3) is 5.10. The fourth-order valence-electron chi connectivity index (χ4n) is 5.43. The van der Waals surface area contributed by atoms with Crippen molar-refractivity contribution < 1.29 is 0 Å². The fraction of sp³-hybridized carbons (Fsp3) is 0.0789. The third-order valence-electron chi connectivity index (χ3n) is 7.34. The number of allylic oxidation sites excluding steroid dienone is 6. The molecule has 0 amide bonds. The van der Waals surface area contributed by atoms with Crippen LogP contribution in [0.15, 0.2) is 139 Å². The number of fused-ring (bicyclic) bond motifs is 2. The number of benzene rings is 3. The monoisotopic (exact) mass is 529 g/mol. The molecular formula is C38H31N3. The molecule has 198 valence electrons. The molecule has 0 N–H and O–H groups in total. The van der Waals surface area contributed by atoms with Crippen LogP contribution in [0, 0.1) is 0 Å². The van der Waals surface area contributed by atoms with Crippen LogP contribution in [0.3, 0.4) is 0 Å². The summed E-state index contributed by atoms with van der Waals surface area (Å²) in [6, 6.07) is 31.7. The molecule has 3 heteroatoms. The molecule has 0 fully saturated rings. The van der Waals surface area contributed by atoms with Crippen molar-refractivity contribution in [3.8, 4) is 33.6 Å². The predicted molar refractivity (Wildman–Crippen MR) is 173 cm³/mol. The van der Waals surface area contributed by atoms with Gasteiger partial charge in [-0.15, -0.1) is 0 Å². The van der Waals surface area contributed by atoms with Crippen molar-refractivity contribution >= 4 is 27.1 Å². The highest BCUT2D eigenvalue weighted by Crippen LogP contribution is 2.43. The van der Waals surface area contributed by atoms with E-state index in [1.165, 1.54) is 38.2 Å². The number of hydrogen-bond donors (Lipinski definition) is 0. The molecule has 0 unspecified atom stereocenters. The van der Waals surface area contributed by atoms with Crippen LogP contribution in [0.5, 0.6) is 0 Å². The van der Waals surface area contributed by atoms with E-state index >= 15 is 0 Å². The maximum absolute atomic E-state index is 4.94. The number of rotatable bonds is 6. The van der Waals surface area contributed by atoms with E-state index in [1.807, 2.05) is 49.7 Å². The molecule has 3 aromatic heterocycles. The highest BCUT2D eigenvalue weighted by Gasteiger charge is 2.17. The normalized spacial score (nSPS) is 11.6. The summed E-state index contributed by atoms with van der Waals surface area (Å²) in [7, 11) is 0. The molecule has 0 radical (unpaired) electrons. The van der Waals surface area contributed by atoms with E-state index in [9.17, 15) is 0 Å². The summed E-state index contributed by atoms with van der Waals surface area (Å²) < 4.78 is 0. The van der Waals surface area contributed by atoms with Crippen molar-refractivity contribution in [1.82, 2.24) is 15.0 Å². The van der Waals surface area contributed by atoms with Crippen molar-refractivity contribution in [3.05, 3.63) is 145 Å². The van der Waals surface area contributed by atoms with Crippen molar-refractivity contribution in [2.24, 2.45) is 0 Å². The molecule has 0 aliphatic carbocycles. The van der Waals surface area contributed by atoms with Crippen LogP contribution in [0.25, 0.3) is 60.8 Å². The first-order valence-electron chi connectivity index (χ1n) is 13.9. The molecule has 0 aliphatic rings. The average Bonchev–Trinajstić information content (AvgIpc) is 3.02. The second-order valence-electron chi connectivity index (χ2n) is 10.2. The van der Waals surface area contributed by atoms with Gasteiger partial charge in [0.25, 0.3) is 0 Å². The van der Waals surface area contributed by atoms with Crippen LogP contribution in [0.2, 0.25) is 0 Å². The summed E-state index contributed by atoms with van der Waals surface area (Å²) in [5.74, 6) is 0. The lowest BCUT2D eigenvalue weighted by Gasteiger charge is -2.17. The first kappa shape index (κ1) is 26.1. The first-order chi connectivity index (χ1) is 20.2. The highest BCUT2D eigenvalue weighted by atomic mass is 14.8. The summed E-state index contributed by atoms with van der Waals surface area (Å²) in [6.45, 7) is 6.28. The van der Waals surface area contributed by atoms with E-state index in [0.29, 0.717) is 0 Å². The largest absolute Gasteiger partial charge is 0.256 e. The molecule has 3 nitrogen and oxygen atoms in total. The number of aromatic nitrogens is 3. The topological polar surface area (TPSA) is 38.7 Å². The molecular weight excluding hydrogens is 498 g/mol. The van der Waals surface area contributed by atoms with Crippen molar-refractivity contribution in [2.75, 3.05) is 0 Å². The molecule has 0 saturated heterocycles. The highest BCUT2D eigenvalue weighted by molar-refractivity contribution is 6.21. The van der Waals surface area contributed by atoms with Gasteiger partial charge in [-0.2, -0.15) is 0 Å². The zero-order valence-electron chi connectivity index (χ0n) is 23.5. The van der Waals surface area contributed by atoms with Crippen LogP contribution in [0.4, 0.5) is 0 Å². The molecule has 41 heavy (non-hydrogen) atoms. The maximum atomic E-state index is 4.94. The Morgan fingerprint density at radius 3 is 1.59 bits per heavy atom. The van der Waals surface area contributed by atoms with E-state index in [1.54, 1.807) is 6.20 Å². The number of nitrogens with zero attached hydrogens (tertiary/aromatic N) is 3. The molecule has 3 aromatic carbocycles. The Balaban J connectivity index is 1.52. The summed E-state index contributed by atoms with van der Waals surface area (Å²) in [4.78, 5) is 14.2. The van der Waals surface area contributed by atoms with Gasteiger partial charge in [0.2, 0.25) is 0 Å². The van der Waals surface area contributed by atoms with Gasteiger partial charge in [-0.05, 0) is 83.3 Å². The molecule has 3 heterocycles. The van der Waals surface area contributed by atoms with E-state index in [2.05, 4.69) is 104 Å². The Hall–Kier alpha value is -5.15. The lowest BCUT2D eigenvalue weighted by molar-refractivity contribution is 1.25. The van der Waals surface area contributed by atoms with Gasteiger partial charge in [-0.1, -0.05) is 96.6 Å². The van der Waals surface area contributed by atoms with Crippen LogP contribution >= 0.6 is 0 Å². The van der Waals surface area contributed by atoms with E-state index in [4.69, 9.17) is 9.97 Å². The fourth-order valence-corrected chi connectivity index (χ4v) is 5.43. The SMILES string of the molecule is C/C=C\C=C/C(=C(C)C)c1ccc(-c2c3ccccc3c(-c3ccc(-c4ccccn4)nc3)c3ccccc23)cn1. The van der Waals surface area contributed by atoms with Gasteiger partial charge in [0.15, 0.2) is 0 Å². The molecule has 0 bridgehead atoms. The van der Waals surface area contributed by atoms with Gasteiger partial charge < -0.3 is 0 Å². The predicted octanol–water partition coefficient (Wildman–Crippen LogP) is 10.1. The Bertz CT molecular complexity index is 1870. The first-order valence-corrected chi connectivity index (χ1v) is 13.9. The molecule has 6 rings (SSSR count).